The minimum absolute atomic E-state index is 0.297. The number of hydrogen-bond acceptors (Lipinski definition) is 3. The molecule has 2 aromatic carbocycles. The Morgan fingerprint density at radius 3 is 2.79 bits per heavy atom. The fourth-order valence-electron chi connectivity index (χ4n) is 1.94. The smallest absolute Gasteiger partial charge is 0.113 e. The Morgan fingerprint density at radius 2 is 2.00 bits per heavy atom. The Balaban J connectivity index is 2.32. The monoisotopic (exact) mass is 288 g/mol. The number of thiocarbonyl (C=S) groups is 1. The van der Waals surface area contributed by atoms with E-state index in [0.29, 0.717) is 10.0 Å². The zero-order valence-corrected chi connectivity index (χ0v) is 11.3. The van der Waals surface area contributed by atoms with Crippen LogP contribution in [0.25, 0.3) is 16.7 Å². The van der Waals surface area contributed by atoms with E-state index < -0.39 is 0 Å². The summed E-state index contributed by atoms with van der Waals surface area (Å²) in [7, 11) is 0. The first-order valence-electron chi connectivity index (χ1n) is 5.57. The zero-order valence-electron chi connectivity index (χ0n) is 9.75. The summed E-state index contributed by atoms with van der Waals surface area (Å²) in [5.41, 5.74) is 8.87. The fraction of sp³-hybridized carbons (Fsp3) is 0. The lowest BCUT2D eigenvalue weighted by Gasteiger charge is -2.09. The van der Waals surface area contributed by atoms with Crippen LogP contribution in [0.1, 0.15) is 5.56 Å². The first-order chi connectivity index (χ1) is 9.16. The maximum absolute atomic E-state index is 6.04. The molecule has 1 heterocycles. The van der Waals surface area contributed by atoms with Crippen molar-refractivity contribution in [3.63, 3.8) is 0 Å². The number of nitrogens with two attached hydrogens (primary N) is 1. The second-order valence-electron chi connectivity index (χ2n) is 4.02. The van der Waals surface area contributed by atoms with Gasteiger partial charge >= 0.3 is 0 Å². The van der Waals surface area contributed by atoms with Crippen molar-refractivity contribution < 1.29 is 0 Å². The first kappa shape index (κ1) is 12.1. The summed E-state index contributed by atoms with van der Waals surface area (Å²) in [5, 5.41) is 8.85. The molecule has 0 amide bonds. The van der Waals surface area contributed by atoms with Gasteiger partial charge in [-0.3, -0.25) is 0 Å². The van der Waals surface area contributed by atoms with E-state index in [4.69, 9.17) is 29.6 Å². The molecule has 0 aliphatic carbocycles. The number of para-hydroxylation sites is 1. The Morgan fingerprint density at radius 1 is 1.21 bits per heavy atom. The van der Waals surface area contributed by atoms with Gasteiger partial charge in [0.2, 0.25) is 0 Å². The van der Waals surface area contributed by atoms with Crippen LogP contribution in [0, 0.1) is 0 Å². The topological polar surface area (TPSA) is 56.7 Å². The van der Waals surface area contributed by atoms with Crippen LogP contribution in [0.5, 0.6) is 0 Å². The molecule has 0 radical (unpaired) electrons. The molecular formula is C13H9ClN4S. The van der Waals surface area contributed by atoms with Gasteiger partial charge < -0.3 is 5.73 Å². The maximum Gasteiger partial charge on any atom is 0.113 e. The summed E-state index contributed by atoms with van der Waals surface area (Å²) < 4.78 is 1.69. The van der Waals surface area contributed by atoms with Crippen LogP contribution in [-0.4, -0.2) is 20.0 Å². The van der Waals surface area contributed by atoms with Gasteiger partial charge in [0, 0.05) is 10.6 Å². The third-order valence-corrected chi connectivity index (χ3v) is 3.26. The number of hydrogen-bond donors (Lipinski definition) is 1. The van der Waals surface area contributed by atoms with Gasteiger partial charge in [-0.2, -0.15) is 0 Å². The predicted octanol–water partition coefficient (Wildman–Crippen LogP) is 2.71. The van der Waals surface area contributed by atoms with Crippen molar-refractivity contribution >= 4 is 39.8 Å². The van der Waals surface area contributed by atoms with Crippen LogP contribution in [-0.2, 0) is 0 Å². The molecule has 3 rings (SSSR count). The molecule has 0 saturated carbocycles. The quantitative estimate of drug-likeness (QED) is 0.737. The molecule has 3 aromatic rings. The van der Waals surface area contributed by atoms with Crippen molar-refractivity contribution in [3.8, 4) is 5.69 Å². The van der Waals surface area contributed by atoms with Crippen molar-refractivity contribution in [2.75, 3.05) is 0 Å². The van der Waals surface area contributed by atoms with E-state index in [9.17, 15) is 0 Å². The molecule has 0 bridgehead atoms. The third kappa shape index (κ3) is 2.07. The SMILES string of the molecule is NC(=S)c1ccc(Cl)cc1-n1nnc2ccccc21. The average molecular weight is 289 g/mol. The number of aromatic nitrogens is 3. The van der Waals surface area contributed by atoms with Gasteiger partial charge in [0.05, 0.1) is 11.2 Å². The normalized spacial score (nSPS) is 10.8. The molecule has 4 nitrogen and oxygen atoms in total. The maximum atomic E-state index is 6.04. The molecule has 0 fully saturated rings. The molecule has 0 spiro atoms. The molecular weight excluding hydrogens is 280 g/mol. The minimum atomic E-state index is 0.297. The molecule has 94 valence electrons. The lowest BCUT2D eigenvalue weighted by Crippen LogP contribution is -2.14. The Bertz CT molecular complexity index is 781. The molecule has 0 saturated heterocycles. The van der Waals surface area contributed by atoms with Crippen LogP contribution in [0.3, 0.4) is 0 Å². The lowest BCUT2D eigenvalue weighted by atomic mass is 10.1. The van der Waals surface area contributed by atoms with Crippen molar-refractivity contribution in [3.05, 3.63) is 53.1 Å². The minimum Gasteiger partial charge on any atom is -0.389 e. The van der Waals surface area contributed by atoms with E-state index in [1.54, 1.807) is 22.9 Å². The van der Waals surface area contributed by atoms with E-state index in [1.165, 1.54) is 0 Å². The van der Waals surface area contributed by atoms with Crippen molar-refractivity contribution in [2.24, 2.45) is 5.73 Å². The van der Waals surface area contributed by atoms with Gasteiger partial charge in [0.15, 0.2) is 0 Å². The van der Waals surface area contributed by atoms with E-state index in [-0.39, 0.29) is 0 Å². The van der Waals surface area contributed by atoms with E-state index in [2.05, 4.69) is 10.3 Å². The van der Waals surface area contributed by atoms with Crippen LogP contribution >= 0.6 is 23.8 Å². The van der Waals surface area contributed by atoms with Gasteiger partial charge in [-0.05, 0) is 30.3 Å². The summed E-state index contributed by atoms with van der Waals surface area (Å²) in [5.74, 6) is 0. The Hall–Kier alpha value is -1.98. The molecule has 0 atom stereocenters. The number of fused-ring (bicyclic) bond motifs is 1. The number of halogens is 1. The summed E-state index contributed by atoms with van der Waals surface area (Å²) in [6, 6.07) is 13.0. The fourth-order valence-corrected chi connectivity index (χ4v) is 2.27. The predicted molar refractivity (Wildman–Crippen MR) is 79.8 cm³/mol. The van der Waals surface area contributed by atoms with Crippen LogP contribution in [0.15, 0.2) is 42.5 Å². The van der Waals surface area contributed by atoms with Crippen molar-refractivity contribution in [1.82, 2.24) is 15.0 Å². The largest absolute Gasteiger partial charge is 0.389 e. The highest BCUT2D eigenvalue weighted by atomic mass is 35.5. The van der Waals surface area contributed by atoms with Gasteiger partial charge in [0.25, 0.3) is 0 Å². The van der Waals surface area contributed by atoms with Crippen LogP contribution in [0.2, 0.25) is 5.02 Å². The molecule has 6 heteroatoms. The number of rotatable bonds is 2. The lowest BCUT2D eigenvalue weighted by molar-refractivity contribution is 0.823. The number of benzene rings is 2. The van der Waals surface area contributed by atoms with E-state index in [1.807, 2.05) is 24.3 Å². The van der Waals surface area contributed by atoms with Gasteiger partial charge in [-0.25, -0.2) is 4.68 Å². The summed E-state index contributed by atoms with van der Waals surface area (Å²) in [6.07, 6.45) is 0. The second-order valence-corrected chi connectivity index (χ2v) is 4.89. The second kappa shape index (κ2) is 4.60. The average Bonchev–Trinajstić information content (AvgIpc) is 2.82. The highest BCUT2D eigenvalue weighted by Crippen LogP contribution is 2.23. The Kier molecular flexibility index (Phi) is 2.93. The Labute approximate surface area is 119 Å². The van der Waals surface area contributed by atoms with Gasteiger partial charge in [-0.1, -0.05) is 41.2 Å². The highest BCUT2D eigenvalue weighted by Gasteiger charge is 2.12. The van der Waals surface area contributed by atoms with Crippen molar-refractivity contribution in [2.45, 2.75) is 0 Å². The summed E-state index contributed by atoms with van der Waals surface area (Å²) in [6.45, 7) is 0. The molecule has 19 heavy (non-hydrogen) atoms. The van der Waals surface area contributed by atoms with Crippen LogP contribution in [0.4, 0.5) is 0 Å². The number of nitrogens with zero attached hydrogens (tertiary/aromatic N) is 3. The van der Waals surface area contributed by atoms with Gasteiger partial charge in [-0.15, -0.1) is 5.10 Å². The molecule has 0 aliphatic rings. The van der Waals surface area contributed by atoms with Gasteiger partial charge in [0.1, 0.15) is 10.5 Å². The molecule has 2 N–H and O–H groups in total. The molecule has 0 unspecified atom stereocenters. The zero-order chi connectivity index (χ0) is 13.4. The molecule has 0 aliphatic heterocycles. The summed E-state index contributed by atoms with van der Waals surface area (Å²) in [4.78, 5) is 0.297. The highest BCUT2D eigenvalue weighted by molar-refractivity contribution is 7.80. The summed E-state index contributed by atoms with van der Waals surface area (Å²) >= 11 is 11.1. The standard InChI is InChI=1S/C13H9ClN4S/c14-8-5-6-9(13(15)19)12(7-8)18-11-4-2-1-3-10(11)16-17-18/h1-7H,(H2,15,19). The van der Waals surface area contributed by atoms with Crippen molar-refractivity contribution in [1.29, 1.82) is 0 Å². The third-order valence-electron chi connectivity index (χ3n) is 2.81. The first-order valence-corrected chi connectivity index (χ1v) is 6.35. The van der Waals surface area contributed by atoms with E-state index in [0.717, 1.165) is 22.3 Å². The molecule has 1 aromatic heterocycles. The van der Waals surface area contributed by atoms with Crippen LogP contribution < -0.4 is 5.73 Å². The van der Waals surface area contributed by atoms with E-state index >= 15 is 0 Å².